The fourth-order valence-electron chi connectivity index (χ4n) is 5.40. The Bertz CT molecular complexity index is 1300. The molecule has 192 valence electrons. The van der Waals surface area contributed by atoms with Crippen molar-refractivity contribution < 1.29 is 14.5 Å². The molecule has 1 amide bonds. The van der Waals surface area contributed by atoms with Gasteiger partial charge in [-0.05, 0) is 54.3 Å². The summed E-state index contributed by atoms with van der Waals surface area (Å²) in [6.45, 7) is 2.57. The Morgan fingerprint density at radius 1 is 1.11 bits per heavy atom. The van der Waals surface area contributed by atoms with Crippen molar-refractivity contribution in [2.75, 3.05) is 43.1 Å². The van der Waals surface area contributed by atoms with Crippen LogP contribution in [-0.4, -0.2) is 50.2 Å². The molecule has 9 heteroatoms. The first-order valence-electron chi connectivity index (χ1n) is 12.4. The van der Waals surface area contributed by atoms with Gasteiger partial charge in [-0.1, -0.05) is 35.9 Å². The number of carbonyl (C=O) groups is 1. The van der Waals surface area contributed by atoms with Crippen LogP contribution in [0.2, 0.25) is 5.02 Å². The summed E-state index contributed by atoms with van der Waals surface area (Å²) >= 11 is 6.50. The Morgan fingerprint density at radius 2 is 1.89 bits per heavy atom. The van der Waals surface area contributed by atoms with Crippen LogP contribution in [-0.2, 0) is 17.6 Å². The van der Waals surface area contributed by atoms with Gasteiger partial charge in [0.2, 0.25) is 5.91 Å². The Balaban J connectivity index is 1.37. The maximum atomic E-state index is 13.5. The van der Waals surface area contributed by atoms with Crippen LogP contribution in [0.3, 0.4) is 0 Å². The Hall–Kier alpha value is -3.78. The second-order valence-electron chi connectivity index (χ2n) is 9.43. The van der Waals surface area contributed by atoms with Crippen molar-refractivity contribution in [3.63, 3.8) is 0 Å². The number of carbonyl (C=O) groups excluding carboxylic acids is 1. The zero-order valence-electron chi connectivity index (χ0n) is 20.6. The highest BCUT2D eigenvalue weighted by molar-refractivity contribution is 6.33. The van der Waals surface area contributed by atoms with E-state index in [9.17, 15) is 14.9 Å². The first kappa shape index (κ1) is 24.9. The average molecular weight is 521 g/mol. The Morgan fingerprint density at radius 3 is 2.62 bits per heavy atom. The number of hydrogen-bond donors (Lipinski definition) is 1. The van der Waals surface area contributed by atoms with Crippen LogP contribution >= 0.6 is 11.6 Å². The molecule has 0 aliphatic carbocycles. The minimum atomic E-state index is -0.383. The zero-order chi connectivity index (χ0) is 25.9. The highest BCUT2D eigenvalue weighted by Crippen LogP contribution is 2.39. The number of ether oxygens (including phenoxy) is 1. The molecular formula is C28H29ClN4O4. The number of hydrogen-bond acceptors (Lipinski definition) is 6. The summed E-state index contributed by atoms with van der Waals surface area (Å²) in [4.78, 5) is 29.1. The number of nitro groups is 1. The third kappa shape index (κ3) is 5.20. The number of amides is 1. The third-order valence-electron chi connectivity index (χ3n) is 7.31. The second kappa shape index (κ2) is 10.7. The van der Waals surface area contributed by atoms with Crippen LogP contribution in [0.1, 0.15) is 11.1 Å². The van der Waals surface area contributed by atoms with E-state index in [1.165, 1.54) is 0 Å². The SMILES string of the molecule is COc1ccc(CCNC(=O)C2Cc3cc([N+](=O)[O-])ccc3N3CCN(c4ccccc4Cl)CC23)cc1. The summed E-state index contributed by atoms with van der Waals surface area (Å²) in [7, 11) is 1.63. The lowest BCUT2D eigenvalue weighted by Crippen LogP contribution is -2.61. The standard InChI is InChI=1S/C28H29ClN4O4/c1-37-22-9-6-19(7-10-22)12-13-30-28(34)23-17-20-16-21(33(35)36)8-11-25(20)32-15-14-31(18-27(23)32)26-5-3-2-4-24(26)29/h2-11,16,23,27H,12-15,17-18H2,1H3,(H,30,34). The van der Waals surface area contributed by atoms with Crippen molar-refractivity contribution in [3.8, 4) is 5.75 Å². The largest absolute Gasteiger partial charge is 0.497 e. The number of halogens is 1. The molecule has 1 N–H and O–H groups in total. The number of non-ortho nitro benzene ring substituents is 1. The molecule has 3 aromatic rings. The first-order chi connectivity index (χ1) is 17.9. The van der Waals surface area contributed by atoms with Gasteiger partial charge in [-0.25, -0.2) is 0 Å². The second-order valence-corrected chi connectivity index (χ2v) is 9.84. The van der Waals surface area contributed by atoms with Crippen LogP contribution in [0.25, 0.3) is 0 Å². The molecule has 0 spiro atoms. The fourth-order valence-corrected chi connectivity index (χ4v) is 5.66. The molecule has 0 bridgehead atoms. The molecule has 2 heterocycles. The van der Waals surface area contributed by atoms with E-state index in [1.54, 1.807) is 19.2 Å². The van der Waals surface area contributed by atoms with Crippen molar-refractivity contribution in [1.29, 1.82) is 0 Å². The van der Waals surface area contributed by atoms with Gasteiger partial charge in [0, 0.05) is 44.0 Å². The van der Waals surface area contributed by atoms with E-state index in [0.717, 1.165) is 34.8 Å². The van der Waals surface area contributed by atoms with Crippen molar-refractivity contribution in [3.05, 3.63) is 93.0 Å². The lowest BCUT2D eigenvalue weighted by molar-refractivity contribution is -0.384. The molecule has 3 aromatic carbocycles. The molecular weight excluding hydrogens is 492 g/mol. The van der Waals surface area contributed by atoms with Crippen molar-refractivity contribution in [2.24, 2.45) is 5.92 Å². The Labute approximate surface area is 220 Å². The van der Waals surface area contributed by atoms with E-state index < -0.39 is 0 Å². The van der Waals surface area contributed by atoms with Crippen molar-refractivity contribution in [1.82, 2.24) is 5.32 Å². The number of nitrogens with zero attached hydrogens (tertiary/aromatic N) is 3. The maximum Gasteiger partial charge on any atom is 0.269 e. The predicted octanol–water partition coefficient (Wildman–Crippen LogP) is 4.48. The summed E-state index contributed by atoms with van der Waals surface area (Å²) < 4.78 is 5.21. The molecule has 2 aliphatic heterocycles. The monoisotopic (exact) mass is 520 g/mol. The summed E-state index contributed by atoms with van der Waals surface area (Å²) in [5.74, 6) is 0.403. The van der Waals surface area contributed by atoms with Crippen molar-refractivity contribution >= 4 is 34.6 Å². The molecule has 0 radical (unpaired) electrons. The molecule has 2 atom stereocenters. The number of nitrogens with one attached hydrogen (secondary N) is 1. The minimum absolute atomic E-state index is 0.0401. The molecule has 5 rings (SSSR count). The number of rotatable bonds is 7. The van der Waals surface area contributed by atoms with Gasteiger partial charge >= 0.3 is 0 Å². The number of methoxy groups -OCH3 is 1. The molecule has 8 nitrogen and oxygen atoms in total. The van der Waals surface area contributed by atoms with Gasteiger partial charge in [-0.15, -0.1) is 0 Å². The van der Waals surface area contributed by atoms with Crippen LogP contribution in [0.15, 0.2) is 66.7 Å². The van der Waals surface area contributed by atoms with E-state index in [0.29, 0.717) is 37.5 Å². The molecule has 0 saturated carbocycles. The number of benzene rings is 3. The maximum absolute atomic E-state index is 13.5. The van der Waals surface area contributed by atoms with Gasteiger partial charge in [-0.3, -0.25) is 14.9 Å². The molecule has 2 unspecified atom stereocenters. The third-order valence-corrected chi connectivity index (χ3v) is 7.63. The van der Waals surface area contributed by atoms with Crippen LogP contribution in [0.4, 0.5) is 17.1 Å². The molecule has 2 aliphatic rings. The van der Waals surface area contributed by atoms with Crippen LogP contribution < -0.4 is 19.9 Å². The number of nitro benzene ring substituents is 1. The van der Waals surface area contributed by atoms with Gasteiger partial charge in [-0.2, -0.15) is 0 Å². The van der Waals surface area contributed by atoms with E-state index >= 15 is 0 Å². The topological polar surface area (TPSA) is 87.9 Å². The molecule has 37 heavy (non-hydrogen) atoms. The number of anilines is 2. The van der Waals surface area contributed by atoms with Gasteiger partial charge in [0.25, 0.3) is 5.69 Å². The number of piperazine rings is 1. The van der Waals surface area contributed by atoms with Gasteiger partial charge in [0.15, 0.2) is 0 Å². The lowest BCUT2D eigenvalue weighted by atomic mass is 9.83. The number of para-hydroxylation sites is 1. The van der Waals surface area contributed by atoms with Crippen LogP contribution in [0.5, 0.6) is 5.75 Å². The molecule has 0 aromatic heterocycles. The Kier molecular flexibility index (Phi) is 7.19. The summed E-state index contributed by atoms with van der Waals surface area (Å²) in [6, 6.07) is 20.5. The van der Waals surface area contributed by atoms with Gasteiger partial charge in [0.1, 0.15) is 5.75 Å². The zero-order valence-corrected chi connectivity index (χ0v) is 21.4. The number of fused-ring (bicyclic) bond motifs is 3. The quantitative estimate of drug-likeness (QED) is 0.365. The van der Waals surface area contributed by atoms with E-state index in [2.05, 4.69) is 15.1 Å². The average Bonchev–Trinajstić information content (AvgIpc) is 2.92. The summed E-state index contributed by atoms with van der Waals surface area (Å²) in [5, 5.41) is 15.2. The molecule has 1 fully saturated rings. The predicted molar refractivity (Wildman–Crippen MR) is 145 cm³/mol. The van der Waals surface area contributed by atoms with Gasteiger partial charge in [0.05, 0.1) is 34.7 Å². The normalized spacial score (nSPS) is 18.5. The highest BCUT2D eigenvalue weighted by Gasteiger charge is 2.42. The van der Waals surface area contributed by atoms with Crippen LogP contribution in [0, 0.1) is 16.0 Å². The minimum Gasteiger partial charge on any atom is -0.497 e. The highest BCUT2D eigenvalue weighted by atomic mass is 35.5. The lowest BCUT2D eigenvalue weighted by Gasteiger charge is -2.49. The fraction of sp³-hybridized carbons (Fsp3) is 0.321. The smallest absolute Gasteiger partial charge is 0.269 e. The summed E-state index contributed by atoms with van der Waals surface area (Å²) in [5.41, 5.74) is 3.92. The van der Waals surface area contributed by atoms with E-state index in [-0.39, 0.29) is 28.5 Å². The molecule has 1 saturated heterocycles. The summed E-state index contributed by atoms with van der Waals surface area (Å²) in [6.07, 6.45) is 1.15. The van der Waals surface area contributed by atoms with E-state index in [4.69, 9.17) is 16.3 Å². The first-order valence-corrected chi connectivity index (χ1v) is 12.8. The van der Waals surface area contributed by atoms with E-state index in [1.807, 2.05) is 54.6 Å². The van der Waals surface area contributed by atoms with Crippen molar-refractivity contribution in [2.45, 2.75) is 18.9 Å². The van der Waals surface area contributed by atoms with Gasteiger partial charge < -0.3 is 19.9 Å².